The van der Waals surface area contributed by atoms with Gasteiger partial charge in [-0.05, 0) is 44.4 Å². The molecule has 0 aromatic heterocycles. The fourth-order valence-electron chi connectivity index (χ4n) is 1.63. The molecule has 0 N–H and O–H groups in total. The normalized spacial score (nSPS) is 13.2. The SMILES string of the molecule is CCOC(=O)C(C)(CCc1ccc(Cl)cc1)N=C=O. The first-order valence-corrected chi connectivity index (χ1v) is 6.40. The van der Waals surface area contributed by atoms with E-state index in [-0.39, 0.29) is 6.61 Å². The first-order chi connectivity index (χ1) is 9.01. The summed E-state index contributed by atoms with van der Waals surface area (Å²) in [6.07, 6.45) is 2.42. The predicted octanol–water partition coefficient (Wildman–Crippen LogP) is 2.93. The Morgan fingerprint density at radius 2 is 2.05 bits per heavy atom. The van der Waals surface area contributed by atoms with E-state index < -0.39 is 11.5 Å². The van der Waals surface area contributed by atoms with Crippen LogP contribution in [0.1, 0.15) is 25.8 Å². The standard InChI is InChI=1S/C14H16ClNO3/c1-3-19-13(18)14(2,16-10-17)9-8-11-4-6-12(15)7-5-11/h4-7H,3,8-9H2,1-2H3. The van der Waals surface area contributed by atoms with Gasteiger partial charge in [-0.1, -0.05) is 23.7 Å². The van der Waals surface area contributed by atoms with Crippen molar-refractivity contribution in [2.24, 2.45) is 4.99 Å². The summed E-state index contributed by atoms with van der Waals surface area (Å²) in [6, 6.07) is 7.31. The van der Waals surface area contributed by atoms with Gasteiger partial charge in [-0.25, -0.2) is 9.59 Å². The Morgan fingerprint density at radius 1 is 1.42 bits per heavy atom. The third kappa shape index (κ3) is 4.51. The summed E-state index contributed by atoms with van der Waals surface area (Å²) in [5.41, 5.74) is -0.168. The van der Waals surface area contributed by atoms with Crippen LogP contribution in [0.15, 0.2) is 29.3 Å². The van der Waals surface area contributed by atoms with Crippen LogP contribution in [0.2, 0.25) is 5.02 Å². The zero-order valence-electron chi connectivity index (χ0n) is 11.0. The van der Waals surface area contributed by atoms with Crippen LogP contribution in [0.25, 0.3) is 0 Å². The van der Waals surface area contributed by atoms with Crippen LogP contribution in [-0.4, -0.2) is 24.2 Å². The van der Waals surface area contributed by atoms with Gasteiger partial charge in [0, 0.05) is 5.02 Å². The van der Waals surface area contributed by atoms with E-state index in [1.165, 1.54) is 6.08 Å². The van der Waals surface area contributed by atoms with Crippen molar-refractivity contribution in [1.29, 1.82) is 0 Å². The van der Waals surface area contributed by atoms with E-state index >= 15 is 0 Å². The van der Waals surface area contributed by atoms with E-state index in [1.807, 2.05) is 12.1 Å². The minimum atomic E-state index is -1.18. The average molecular weight is 282 g/mol. The molecule has 1 aromatic carbocycles. The van der Waals surface area contributed by atoms with E-state index in [4.69, 9.17) is 16.3 Å². The van der Waals surface area contributed by atoms with Crippen molar-refractivity contribution >= 4 is 23.7 Å². The molecule has 4 nitrogen and oxygen atoms in total. The summed E-state index contributed by atoms with van der Waals surface area (Å²) >= 11 is 5.80. The molecule has 5 heteroatoms. The first-order valence-electron chi connectivity index (χ1n) is 6.02. The maximum Gasteiger partial charge on any atom is 0.334 e. The van der Waals surface area contributed by atoms with Crippen molar-refractivity contribution in [3.8, 4) is 0 Å². The molecule has 0 amide bonds. The van der Waals surface area contributed by atoms with Crippen molar-refractivity contribution in [1.82, 2.24) is 0 Å². The molecule has 1 unspecified atom stereocenters. The van der Waals surface area contributed by atoms with Crippen LogP contribution >= 0.6 is 11.6 Å². The number of aliphatic imine (C=N–C) groups is 1. The van der Waals surface area contributed by atoms with Crippen molar-refractivity contribution in [2.75, 3.05) is 6.61 Å². The second-order valence-corrected chi connectivity index (χ2v) is 4.76. The zero-order valence-corrected chi connectivity index (χ0v) is 11.7. The number of carbonyl (C=O) groups excluding carboxylic acids is 2. The summed E-state index contributed by atoms with van der Waals surface area (Å²) in [5, 5.41) is 0.655. The number of ether oxygens (including phenoxy) is 1. The Balaban J connectivity index is 2.76. The molecule has 0 aliphatic rings. The van der Waals surface area contributed by atoms with Gasteiger partial charge in [0.25, 0.3) is 0 Å². The largest absolute Gasteiger partial charge is 0.464 e. The molecule has 0 fully saturated rings. The lowest BCUT2D eigenvalue weighted by atomic mass is 9.94. The number of halogens is 1. The minimum absolute atomic E-state index is 0.254. The molecule has 19 heavy (non-hydrogen) atoms. The lowest BCUT2D eigenvalue weighted by Crippen LogP contribution is -2.35. The van der Waals surface area contributed by atoms with Gasteiger partial charge >= 0.3 is 5.97 Å². The predicted molar refractivity (Wildman–Crippen MR) is 72.9 cm³/mol. The van der Waals surface area contributed by atoms with Gasteiger partial charge in [-0.3, -0.25) is 0 Å². The number of hydrogen-bond donors (Lipinski definition) is 0. The molecule has 0 radical (unpaired) electrons. The second-order valence-electron chi connectivity index (χ2n) is 4.32. The molecule has 1 aromatic rings. The van der Waals surface area contributed by atoms with Gasteiger partial charge in [0.15, 0.2) is 5.54 Å². The van der Waals surface area contributed by atoms with Crippen molar-refractivity contribution in [2.45, 2.75) is 32.2 Å². The first kappa shape index (κ1) is 15.4. The smallest absolute Gasteiger partial charge is 0.334 e. The average Bonchev–Trinajstić information content (AvgIpc) is 2.39. The summed E-state index contributed by atoms with van der Waals surface area (Å²) in [6.45, 7) is 3.54. The zero-order chi connectivity index (χ0) is 14.3. The summed E-state index contributed by atoms with van der Waals surface area (Å²) < 4.78 is 4.93. The highest BCUT2D eigenvalue weighted by molar-refractivity contribution is 6.30. The minimum Gasteiger partial charge on any atom is -0.464 e. The fraction of sp³-hybridized carbons (Fsp3) is 0.429. The van der Waals surface area contributed by atoms with Crippen molar-refractivity contribution < 1.29 is 14.3 Å². The maximum atomic E-state index is 11.8. The Morgan fingerprint density at radius 3 is 2.58 bits per heavy atom. The number of hydrogen-bond acceptors (Lipinski definition) is 4. The van der Waals surface area contributed by atoms with Crippen molar-refractivity contribution in [3.63, 3.8) is 0 Å². The summed E-state index contributed by atoms with van der Waals surface area (Å²) in [4.78, 5) is 25.9. The van der Waals surface area contributed by atoms with E-state index in [2.05, 4.69) is 4.99 Å². The molecule has 102 valence electrons. The Labute approximate surface area is 117 Å². The van der Waals surface area contributed by atoms with Gasteiger partial charge in [0.1, 0.15) is 0 Å². The van der Waals surface area contributed by atoms with Crippen LogP contribution in [0, 0.1) is 0 Å². The maximum absolute atomic E-state index is 11.8. The number of benzene rings is 1. The van der Waals surface area contributed by atoms with Crippen LogP contribution in [0.5, 0.6) is 0 Å². The monoisotopic (exact) mass is 281 g/mol. The van der Waals surface area contributed by atoms with Gasteiger partial charge in [0.05, 0.1) is 6.61 Å². The molecule has 0 saturated heterocycles. The number of esters is 1. The second kappa shape index (κ2) is 7.07. The van der Waals surface area contributed by atoms with E-state index in [9.17, 15) is 9.59 Å². The van der Waals surface area contributed by atoms with Gasteiger partial charge in [-0.2, -0.15) is 4.99 Å². The molecule has 1 rings (SSSR count). The Kier molecular flexibility index (Phi) is 5.74. The number of carbonyl (C=O) groups is 1. The fourth-order valence-corrected chi connectivity index (χ4v) is 1.76. The molecular weight excluding hydrogens is 266 g/mol. The quantitative estimate of drug-likeness (QED) is 0.458. The van der Waals surface area contributed by atoms with Gasteiger partial charge < -0.3 is 4.74 Å². The van der Waals surface area contributed by atoms with E-state index in [1.54, 1.807) is 26.0 Å². The lowest BCUT2D eigenvalue weighted by Gasteiger charge is -2.20. The highest BCUT2D eigenvalue weighted by atomic mass is 35.5. The van der Waals surface area contributed by atoms with Crippen LogP contribution in [-0.2, 0) is 20.7 Å². The number of rotatable bonds is 6. The van der Waals surface area contributed by atoms with E-state index in [0.29, 0.717) is 17.9 Å². The highest BCUT2D eigenvalue weighted by Crippen LogP contribution is 2.21. The molecule has 0 bridgehead atoms. The number of nitrogens with zero attached hydrogens (tertiary/aromatic N) is 1. The Hall–Kier alpha value is -1.64. The number of isocyanates is 1. The van der Waals surface area contributed by atoms with Crippen LogP contribution in [0.3, 0.4) is 0 Å². The third-order valence-corrected chi connectivity index (χ3v) is 3.07. The molecule has 0 saturated carbocycles. The molecule has 0 heterocycles. The third-order valence-electron chi connectivity index (χ3n) is 2.82. The Bertz CT molecular complexity index is 480. The number of aryl methyl sites for hydroxylation is 1. The molecule has 1 atom stereocenters. The molecule has 0 aliphatic carbocycles. The van der Waals surface area contributed by atoms with Gasteiger partial charge in [0.2, 0.25) is 6.08 Å². The van der Waals surface area contributed by atoms with E-state index in [0.717, 1.165) is 5.56 Å². The molecular formula is C14H16ClNO3. The lowest BCUT2D eigenvalue weighted by molar-refractivity contribution is -0.149. The van der Waals surface area contributed by atoms with Crippen molar-refractivity contribution in [3.05, 3.63) is 34.9 Å². The topological polar surface area (TPSA) is 55.7 Å². The highest BCUT2D eigenvalue weighted by Gasteiger charge is 2.34. The summed E-state index contributed by atoms with van der Waals surface area (Å²) in [7, 11) is 0. The summed E-state index contributed by atoms with van der Waals surface area (Å²) in [5.74, 6) is -0.507. The van der Waals surface area contributed by atoms with Crippen LogP contribution in [0.4, 0.5) is 0 Å². The molecule has 0 spiro atoms. The van der Waals surface area contributed by atoms with Gasteiger partial charge in [-0.15, -0.1) is 0 Å². The molecule has 0 aliphatic heterocycles. The van der Waals surface area contributed by atoms with Crippen LogP contribution < -0.4 is 0 Å².